The first kappa shape index (κ1) is 9.43. The van der Waals surface area contributed by atoms with Crippen molar-refractivity contribution in [2.45, 2.75) is 19.4 Å². The Labute approximate surface area is 62.0 Å². The first-order valence-electron chi connectivity index (χ1n) is 3.31. The van der Waals surface area contributed by atoms with E-state index in [0.29, 0.717) is 6.42 Å². The van der Waals surface area contributed by atoms with Crippen molar-refractivity contribution < 1.29 is 9.53 Å². The van der Waals surface area contributed by atoms with Crippen LogP contribution in [0.3, 0.4) is 0 Å². The number of hydrogen-bond acceptors (Lipinski definition) is 3. The zero-order chi connectivity index (χ0) is 8.15. The van der Waals surface area contributed by atoms with E-state index >= 15 is 0 Å². The van der Waals surface area contributed by atoms with Gasteiger partial charge in [-0.15, -0.1) is 0 Å². The summed E-state index contributed by atoms with van der Waals surface area (Å²) in [4.78, 5) is 12.7. The Morgan fingerprint density at radius 2 is 2.10 bits per heavy atom. The molecule has 3 nitrogen and oxygen atoms in total. The number of rotatable bonds is 3. The van der Waals surface area contributed by atoms with Crippen LogP contribution in [0.15, 0.2) is 0 Å². The summed E-state index contributed by atoms with van der Waals surface area (Å²) in [6, 6.07) is 0.257. The van der Waals surface area contributed by atoms with E-state index in [1.54, 1.807) is 0 Å². The van der Waals surface area contributed by atoms with Crippen LogP contribution in [0.2, 0.25) is 0 Å². The molecule has 1 atom stereocenters. The molecule has 0 radical (unpaired) electrons. The predicted octanol–water partition coefficient (Wildman–Crippen LogP) is 0.500. The minimum atomic E-state index is -0.152. The van der Waals surface area contributed by atoms with Crippen molar-refractivity contribution in [3.05, 3.63) is 0 Å². The molecular formula is C7H15NO2. The number of carbonyl (C=O) groups excluding carboxylic acids is 1. The summed E-state index contributed by atoms with van der Waals surface area (Å²) in [5, 5.41) is 0. The second kappa shape index (κ2) is 4.28. The first-order chi connectivity index (χ1) is 4.57. The van der Waals surface area contributed by atoms with E-state index in [1.807, 2.05) is 25.9 Å². The van der Waals surface area contributed by atoms with Crippen molar-refractivity contribution in [2.75, 3.05) is 21.2 Å². The maximum Gasteiger partial charge on any atom is 0.307 e. The van der Waals surface area contributed by atoms with Crippen molar-refractivity contribution in [2.24, 2.45) is 0 Å². The van der Waals surface area contributed by atoms with Crippen LogP contribution >= 0.6 is 0 Å². The lowest BCUT2D eigenvalue weighted by molar-refractivity contribution is -0.141. The molecule has 0 amide bonds. The van der Waals surface area contributed by atoms with Crippen molar-refractivity contribution in [1.82, 2.24) is 4.90 Å². The molecule has 0 spiro atoms. The van der Waals surface area contributed by atoms with Gasteiger partial charge in [-0.3, -0.25) is 4.79 Å². The van der Waals surface area contributed by atoms with Gasteiger partial charge in [0, 0.05) is 6.04 Å². The molecule has 0 aromatic rings. The van der Waals surface area contributed by atoms with Gasteiger partial charge in [-0.25, -0.2) is 0 Å². The molecule has 0 aromatic carbocycles. The van der Waals surface area contributed by atoms with E-state index in [9.17, 15) is 4.79 Å². The number of ether oxygens (including phenoxy) is 1. The minimum Gasteiger partial charge on any atom is -0.469 e. The molecule has 0 aliphatic carbocycles. The Morgan fingerprint density at radius 1 is 1.60 bits per heavy atom. The highest BCUT2D eigenvalue weighted by atomic mass is 16.5. The molecule has 0 rings (SSSR count). The molecule has 0 saturated heterocycles. The molecule has 0 unspecified atom stereocenters. The highest BCUT2D eigenvalue weighted by Crippen LogP contribution is 1.98. The summed E-state index contributed by atoms with van der Waals surface area (Å²) in [6.45, 7) is 1.98. The standard InChI is InChI=1S/C7H15NO2/c1-6(8(2)3)5-7(9)10-4/h6H,5H2,1-4H3/t6-/m0/s1. The SMILES string of the molecule is COC(=O)C[C@H](C)N(C)C. The summed E-state index contributed by atoms with van der Waals surface area (Å²) >= 11 is 0. The topological polar surface area (TPSA) is 29.5 Å². The summed E-state index contributed by atoms with van der Waals surface area (Å²) < 4.78 is 4.51. The third kappa shape index (κ3) is 3.45. The number of esters is 1. The van der Waals surface area contributed by atoms with Crippen molar-refractivity contribution in [3.63, 3.8) is 0 Å². The second-order valence-corrected chi connectivity index (χ2v) is 2.59. The summed E-state index contributed by atoms with van der Waals surface area (Å²) in [7, 11) is 5.28. The van der Waals surface area contributed by atoms with Crippen LogP contribution in [-0.2, 0) is 9.53 Å². The molecule has 0 N–H and O–H groups in total. The molecule has 0 aliphatic rings. The highest BCUT2D eigenvalue weighted by Gasteiger charge is 2.09. The van der Waals surface area contributed by atoms with Gasteiger partial charge in [0.2, 0.25) is 0 Å². The van der Waals surface area contributed by atoms with Gasteiger partial charge >= 0.3 is 5.97 Å². The van der Waals surface area contributed by atoms with Gasteiger partial charge in [0.1, 0.15) is 0 Å². The van der Waals surface area contributed by atoms with Crippen LogP contribution in [0.25, 0.3) is 0 Å². The average Bonchev–Trinajstić information content (AvgIpc) is 1.87. The van der Waals surface area contributed by atoms with Crippen molar-refractivity contribution in [3.8, 4) is 0 Å². The molecule has 0 bridgehead atoms. The van der Waals surface area contributed by atoms with Crippen LogP contribution in [0, 0.1) is 0 Å². The summed E-state index contributed by atoms with van der Waals surface area (Å²) in [6.07, 6.45) is 0.462. The lowest BCUT2D eigenvalue weighted by Crippen LogP contribution is -2.27. The van der Waals surface area contributed by atoms with E-state index in [0.717, 1.165) is 0 Å². The first-order valence-corrected chi connectivity index (χ1v) is 3.31. The Bertz CT molecular complexity index is 112. The maximum absolute atomic E-state index is 10.7. The fourth-order valence-electron chi connectivity index (χ4n) is 0.507. The molecule has 0 fully saturated rings. The van der Waals surface area contributed by atoms with Crippen LogP contribution in [0.1, 0.15) is 13.3 Å². The zero-order valence-electron chi connectivity index (χ0n) is 7.05. The fourth-order valence-corrected chi connectivity index (χ4v) is 0.507. The smallest absolute Gasteiger partial charge is 0.307 e. The molecular weight excluding hydrogens is 130 g/mol. The van der Waals surface area contributed by atoms with E-state index in [1.165, 1.54) is 7.11 Å². The van der Waals surface area contributed by atoms with Gasteiger partial charge in [-0.2, -0.15) is 0 Å². The normalized spacial score (nSPS) is 13.3. The Balaban J connectivity index is 3.57. The molecule has 0 aromatic heterocycles. The lowest BCUT2D eigenvalue weighted by Gasteiger charge is -2.17. The largest absolute Gasteiger partial charge is 0.469 e. The van der Waals surface area contributed by atoms with Gasteiger partial charge in [-0.05, 0) is 21.0 Å². The Kier molecular flexibility index (Phi) is 4.03. The lowest BCUT2D eigenvalue weighted by atomic mass is 10.2. The third-order valence-corrected chi connectivity index (χ3v) is 1.57. The van der Waals surface area contributed by atoms with E-state index in [2.05, 4.69) is 4.74 Å². The predicted molar refractivity (Wildman–Crippen MR) is 39.8 cm³/mol. The monoisotopic (exact) mass is 145 g/mol. The fraction of sp³-hybridized carbons (Fsp3) is 0.857. The molecule has 0 aliphatic heterocycles. The van der Waals surface area contributed by atoms with E-state index in [4.69, 9.17) is 0 Å². The van der Waals surface area contributed by atoms with Gasteiger partial charge < -0.3 is 9.64 Å². The van der Waals surface area contributed by atoms with Crippen molar-refractivity contribution >= 4 is 5.97 Å². The van der Waals surface area contributed by atoms with Gasteiger partial charge in [0.25, 0.3) is 0 Å². The number of nitrogens with zero attached hydrogens (tertiary/aromatic N) is 1. The third-order valence-electron chi connectivity index (χ3n) is 1.57. The molecule has 0 heterocycles. The quantitative estimate of drug-likeness (QED) is 0.542. The van der Waals surface area contributed by atoms with Gasteiger partial charge in [0.05, 0.1) is 13.5 Å². The Hall–Kier alpha value is -0.570. The minimum absolute atomic E-state index is 0.152. The number of hydrogen-bond donors (Lipinski definition) is 0. The second-order valence-electron chi connectivity index (χ2n) is 2.59. The van der Waals surface area contributed by atoms with E-state index < -0.39 is 0 Å². The van der Waals surface area contributed by atoms with E-state index in [-0.39, 0.29) is 12.0 Å². The molecule has 10 heavy (non-hydrogen) atoms. The van der Waals surface area contributed by atoms with Crippen LogP contribution in [0.4, 0.5) is 0 Å². The van der Waals surface area contributed by atoms with Crippen molar-refractivity contribution in [1.29, 1.82) is 0 Å². The maximum atomic E-state index is 10.7. The molecule has 60 valence electrons. The van der Waals surface area contributed by atoms with Gasteiger partial charge in [-0.1, -0.05) is 0 Å². The highest BCUT2D eigenvalue weighted by molar-refractivity contribution is 5.69. The summed E-state index contributed by atoms with van der Waals surface area (Å²) in [5.74, 6) is -0.152. The summed E-state index contributed by atoms with van der Waals surface area (Å²) in [5.41, 5.74) is 0. The van der Waals surface area contributed by atoms with Gasteiger partial charge in [0.15, 0.2) is 0 Å². The average molecular weight is 145 g/mol. The number of carbonyl (C=O) groups is 1. The zero-order valence-corrected chi connectivity index (χ0v) is 7.05. The van der Waals surface area contributed by atoms with Crippen LogP contribution in [0.5, 0.6) is 0 Å². The molecule has 0 saturated carbocycles. The number of methoxy groups -OCH3 is 1. The Morgan fingerprint density at radius 3 is 2.40 bits per heavy atom. The van der Waals surface area contributed by atoms with Crippen LogP contribution < -0.4 is 0 Å². The molecule has 3 heteroatoms. The van der Waals surface area contributed by atoms with Crippen LogP contribution in [-0.4, -0.2) is 38.1 Å².